The van der Waals surface area contributed by atoms with Crippen LogP contribution in [-0.2, 0) is 11.2 Å². The zero-order valence-corrected chi connectivity index (χ0v) is 11.2. The zero-order chi connectivity index (χ0) is 13.1. The molecule has 0 aliphatic rings. The van der Waals surface area contributed by atoms with Gasteiger partial charge in [-0.1, -0.05) is 11.6 Å². The highest BCUT2D eigenvalue weighted by atomic mass is 35.5. The Morgan fingerprint density at radius 1 is 1.44 bits per heavy atom. The topological polar surface area (TPSA) is 79.3 Å². The Morgan fingerprint density at radius 2 is 2.22 bits per heavy atom. The van der Waals surface area contributed by atoms with Gasteiger partial charge in [-0.15, -0.1) is 22.7 Å². The van der Waals surface area contributed by atoms with Crippen molar-refractivity contribution in [2.24, 2.45) is 0 Å². The standard InChI is InChI=1S/C10H7ClN2O3S2/c11-7-2-1-6(18-7)9(16)13-10-12-5(4-17-10)3-8(14)15/h1-2,4H,3H2,(H,14,15)(H,12,13,16). The van der Waals surface area contributed by atoms with Gasteiger partial charge in [0, 0.05) is 5.38 Å². The molecule has 2 N–H and O–H groups in total. The molecule has 0 aliphatic heterocycles. The van der Waals surface area contributed by atoms with Crippen LogP contribution in [0.3, 0.4) is 0 Å². The van der Waals surface area contributed by atoms with Gasteiger partial charge in [0.25, 0.3) is 5.91 Å². The van der Waals surface area contributed by atoms with Gasteiger partial charge in [-0.2, -0.15) is 0 Å². The SMILES string of the molecule is O=C(O)Cc1csc(NC(=O)c2ccc(Cl)s2)n1. The first-order valence-corrected chi connectivity index (χ1v) is 6.85. The molecule has 18 heavy (non-hydrogen) atoms. The van der Waals surface area contributed by atoms with E-state index in [2.05, 4.69) is 10.3 Å². The molecule has 0 atom stereocenters. The molecule has 0 saturated carbocycles. The van der Waals surface area contributed by atoms with E-state index >= 15 is 0 Å². The number of thiazole rings is 1. The van der Waals surface area contributed by atoms with Gasteiger partial charge in [0.2, 0.25) is 0 Å². The minimum absolute atomic E-state index is 0.156. The molecule has 0 aliphatic carbocycles. The van der Waals surface area contributed by atoms with Crippen LogP contribution in [0, 0.1) is 0 Å². The van der Waals surface area contributed by atoms with Crippen LogP contribution in [0.5, 0.6) is 0 Å². The van der Waals surface area contributed by atoms with E-state index in [0.29, 0.717) is 20.0 Å². The number of carbonyl (C=O) groups is 2. The van der Waals surface area contributed by atoms with Crippen LogP contribution in [0.25, 0.3) is 0 Å². The number of aromatic nitrogens is 1. The predicted molar refractivity (Wildman–Crippen MR) is 70.7 cm³/mol. The summed E-state index contributed by atoms with van der Waals surface area (Å²) in [6, 6.07) is 3.26. The van der Waals surface area contributed by atoms with Gasteiger partial charge < -0.3 is 5.11 Å². The fourth-order valence-corrected chi connectivity index (χ4v) is 2.84. The number of aliphatic carboxylic acids is 1. The second-order valence-corrected chi connectivity index (χ2v) is 5.85. The lowest BCUT2D eigenvalue weighted by Crippen LogP contribution is -2.10. The van der Waals surface area contributed by atoms with E-state index in [4.69, 9.17) is 16.7 Å². The van der Waals surface area contributed by atoms with Crippen LogP contribution in [0.2, 0.25) is 4.34 Å². The first-order chi connectivity index (χ1) is 8.54. The second-order valence-electron chi connectivity index (χ2n) is 3.27. The van der Waals surface area contributed by atoms with E-state index in [1.807, 2.05) is 0 Å². The fraction of sp³-hybridized carbons (Fsp3) is 0.100. The summed E-state index contributed by atoms with van der Waals surface area (Å²) in [6.07, 6.45) is -0.156. The highest BCUT2D eigenvalue weighted by molar-refractivity contribution is 7.18. The molecule has 2 rings (SSSR count). The predicted octanol–water partition coefficient (Wildman–Crippen LogP) is 2.74. The summed E-state index contributed by atoms with van der Waals surface area (Å²) in [4.78, 5) is 26.7. The van der Waals surface area contributed by atoms with Crippen molar-refractivity contribution in [1.82, 2.24) is 4.98 Å². The molecule has 0 fully saturated rings. The summed E-state index contributed by atoms with van der Waals surface area (Å²) in [5.74, 6) is -1.26. The highest BCUT2D eigenvalue weighted by Crippen LogP contribution is 2.23. The first kappa shape index (κ1) is 13.0. The van der Waals surface area contributed by atoms with Crippen molar-refractivity contribution in [2.45, 2.75) is 6.42 Å². The number of carboxylic acids is 1. The fourth-order valence-electron chi connectivity index (χ4n) is 1.20. The lowest BCUT2D eigenvalue weighted by molar-refractivity contribution is -0.136. The molecule has 0 bridgehead atoms. The number of rotatable bonds is 4. The second kappa shape index (κ2) is 5.47. The Bertz CT molecular complexity index is 593. The molecule has 1 amide bonds. The van der Waals surface area contributed by atoms with Crippen molar-refractivity contribution in [1.29, 1.82) is 0 Å². The van der Waals surface area contributed by atoms with Crippen molar-refractivity contribution in [3.63, 3.8) is 0 Å². The Morgan fingerprint density at radius 3 is 2.83 bits per heavy atom. The molecule has 5 nitrogen and oxygen atoms in total. The number of carboxylic acid groups (broad SMARTS) is 1. The third-order valence-corrected chi connectivity index (χ3v) is 3.94. The number of halogens is 1. The van der Waals surface area contributed by atoms with Gasteiger partial charge in [-0.05, 0) is 12.1 Å². The maximum absolute atomic E-state index is 11.7. The largest absolute Gasteiger partial charge is 0.481 e. The highest BCUT2D eigenvalue weighted by Gasteiger charge is 2.12. The summed E-state index contributed by atoms with van der Waals surface area (Å²) in [5.41, 5.74) is 0.423. The van der Waals surface area contributed by atoms with Gasteiger partial charge >= 0.3 is 5.97 Å². The molecule has 0 spiro atoms. The number of anilines is 1. The minimum atomic E-state index is -0.955. The number of carbonyl (C=O) groups excluding carboxylic acids is 1. The number of hydrogen-bond donors (Lipinski definition) is 2. The summed E-state index contributed by atoms with van der Waals surface area (Å²) in [5, 5.41) is 13.2. The molecule has 2 heterocycles. The maximum Gasteiger partial charge on any atom is 0.309 e. The normalized spacial score (nSPS) is 10.3. The number of amides is 1. The van der Waals surface area contributed by atoms with E-state index < -0.39 is 5.97 Å². The molecule has 0 saturated heterocycles. The van der Waals surface area contributed by atoms with E-state index in [0.717, 1.165) is 0 Å². The molecule has 0 unspecified atom stereocenters. The molecule has 0 radical (unpaired) electrons. The van der Waals surface area contributed by atoms with Crippen LogP contribution in [0.4, 0.5) is 5.13 Å². The van der Waals surface area contributed by atoms with E-state index in [1.165, 1.54) is 22.7 Å². The van der Waals surface area contributed by atoms with Crippen molar-refractivity contribution in [2.75, 3.05) is 5.32 Å². The first-order valence-electron chi connectivity index (χ1n) is 4.77. The van der Waals surface area contributed by atoms with Crippen molar-refractivity contribution < 1.29 is 14.7 Å². The number of thiophene rings is 1. The monoisotopic (exact) mass is 302 g/mol. The summed E-state index contributed by atoms with van der Waals surface area (Å²) < 4.78 is 0.533. The van der Waals surface area contributed by atoms with Gasteiger partial charge in [0.05, 0.1) is 21.3 Å². The van der Waals surface area contributed by atoms with Crippen LogP contribution in [0.1, 0.15) is 15.4 Å². The third kappa shape index (κ3) is 3.28. The Balaban J connectivity index is 2.03. The van der Waals surface area contributed by atoms with E-state index in [9.17, 15) is 9.59 Å². The molecule has 2 aromatic heterocycles. The Labute approximate surface area is 115 Å². The quantitative estimate of drug-likeness (QED) is 0.910. The molecule has 94 valence electrons. The molecular formula is C10H7ClN2O3S2. The summed E-state index contributed by atoms with van der Waals surface area (Å²) in [7, 11) is 0. The van der Waals surface area contributed by atoms with Crippen molar-refractivity contribution >= 4 is 51.3 Å². The van der Waals surface area contributed by atoms with Gasteiger partial charge in [-0.3, -0.25) is 14.9 Å². The molecular weight excluding hydrogens is 296 g/mol. The number of hydrogen-bond acceptors (Lipinski definition) is 5. The average Bonchev–Trinajstić information content (AvgIpc) is 2.87. The zero-order valence-electron chi connectivity index (χ0n) is 8.84. The van der Waals surface area contributed by atoms with E-state index in [-0.39, 0.29) is 12.3 Å². The summed E-state index contributed by atoms with van der Waals surface area (Å²) in [6.45, 7) is 0. The Kier molecular flexibility index (Phi) is 3.95. The van der Waals surface area contributed by atoms with Crippen LogP contribution in [0.15, 0.2) is 17.5 Å². The van der Waals surface area contributed by atoms with Gasteiger partial charge in [0.15, 0.2) is 5.13 Å². The lowest BCUT2D eigenvalue weighted by Gasteiger charge is -1.97. The van der Waals surface area contributed by atoms with Crippen LogP contribution in [-0.4, -0.2) is 22.0 Å². The summed E-state index contributed by atoms with van der Waals surface area (Å²) >= 11 is 8.08. The number of nitrogens with one attached hydrogen (secondary N) is 1. The number of nitrogens with zero attached hydrogens (tertiary/aromatic N) is 1. The maximum atomic E-state index is 11.7. The third-order valence-electron chi connectivity index (χ3n) is 1.90. The smallest absolute Gasteiger partial charge is 0.309 e. The molecule has 8 heteroatoms. The Hall–Kier alpha value is -1.44. The lowest BCUT2D eigenvalue weighted by atomic mass is 10.3. The van der Waals surface area contributed by atoms with Gasteiger partial charge in [0.1, 0.15) is 0 Å². The van der Waals surface area contributed by atoms with Crippen LogP contribution < -0.4 is 5.32 Å². The van der Waals surface area contributed by atoms with Crippen LogP contribution >= 0.6 is 34.3 Å². The van der Waals surface area contributed by atoms with Gasteiger partial charge in [-0.25, -0.2) is 4.98 Å². The molecule has 2 aromatic rings. The van der Waals surface area contributed by atoms with E-state index in [1.54, 1.807) is 17.5 Å². The average molecular weight is 303 g/mol. The van der Waals surface area contributed by atoms with Crippen molar-refractivity contribution in [3.05, 3.63) is 32.4 Å². The van der Waals surface area contributed by atoms with Crippen molar-refractivity contribution in [3.8, 4) is 0 Å². The molecule has 0 aromatic carbocycles. The minimum Gasteiger partial charge on any atom is -0.481 e.